The van der Waals surface area contributed by atoms with Crippen molar-refractivity contribution < 1.29 is 29.9 Å². The van der Waals surface area contributed by atoms with Crippen molar-refractivity contribution in [1.29, 1.82) is 0 Å². The molecule has 2 fully saturated rings. The SMILES string of the molecule is Nc1ncn([C@H]2C[C@H](O)[C@@H](CO)O2)c(=O)n1.Nc1ncn([C@H]2C[C@H](O)[C@@H](CO)O2)c(=O)n1. The predicted octanol–water partition coefficient (Wildman–Crippen LogP) is -4.28. The Bertz CT molecular complexity index is 950. The summed E-state index contributed by atoms with van der Waals surface area (Å²) in [6, 6.07) is 0. The first-order valence-corrected chi connectivity index (χ1v) is 9.53. The molecular weight excluding hydrogens is 432 g/mol. The van der Waals surface area contributed by atoms with Gasteiger partial charge in [0.1, 0.15) is 37.3 Å². The maximum atomic E-state index is 11.4. The van der Waals surface area contributed by atoms with Crippen molar-refractivity contribution in [2.45, 2.75) is 49.7 Å². The van der Waals surface area contributed by atoms with Gasteiger partial charge >= 0.3 is 11.4 Å². The standard InChI is InChI=1S/2C8H12N4O4/c2*9-7-10-3-12(8(15)11-7)6-1-4(14)5(2-13)16-6/h2*3-6,13-14H,1-2H2,(H2,9,11,15)/t2*4-,5+,6+/m00/s1. The van der Waals surface area contributed by atoms with E-state index >= 15 is 0 Å². The number of ether oxygens (including phenoxy) is 2. The fourth-order valence-corrected chi connectivity index (χ4v) is 3.21. The Hall–Kier alpha value is -3.02. The minimum atomic E-state index is -0.806. The van der Waals surface area contributed by atoms with E-state index in [0.29, 0.717) is 0 Å². The second-order valence-corrected chi connectivity index (χ2v) is 7.04. The van der Waals surface area contributed by atoms with Gasteiger partial charge in [-0.3, -0.25) is 9.13 Å². The van der Waals surface area contributed by atoms with Crippen LogP contribution in [0.2, 0.25) is 0 Å². The summed E-state index contributed by atoms with van der Waals surface area (Å²) >= 11 is 0. The average Bonchev–Trinajstić information content (AvgIpc) is 3.30. The number of aromatic nitrogens is 6. The lowest BCUT2D eigenvalue weighted by Crippen LogP contribution is -2.28. The van der Waals surface area contributed by atoms with Crippen molar-refractivity contribution in [3.05, 3.63) is 33.6 Å². The molecule has 2 aromatic rings. The highest BCUT2D eigenvalue weighted by atomic mass is 16.5. The molecule has 4 rings (SSSR count). The fourth-order valence-electron chi connectivity index (χ4n) is 3.21. The largest absolute Gasteiger partial charge is 0.394 e. The Balaban J connectivity index is 0.000000181. The lowest BCUT2D eigenvalue weighted by Gasteiger charge is -2.13. The van der Waals surface area contributed by atoms with Crippen LogP contribution in [-0.2, 0) is 9.47 Å². The average molecular weight is 456 g/mol. The minimum absolute atomic E-state index is 0.112. The Labute approximate surface area is 179 Å². The van der Waals surface area contributed by atoms with Gasteiger partial charge in [-0.05, 0) is 0 Å². The molecule has 4 heterocycles. The number of aliphatic hydroxyl groups is 4. The van der Waals surface area contributed by atoms with E-state index in [4.69, 9.17) is 31.2 Å². The van der Waals surface area contributed by atoms with Crippen molar-refractivity contribution >= 4 is 11.9 Å². The molecule has 2 aliphatic heterocycles. The van der Waals surface area contributed by atoms with Gasteiger partial charge < -0.3 is 41.4 Å². The molecule has 0 aliphatic carbocycles. The zero-order valence-corrected chi connectivity index (χ0v) is 16.7. The number of aliphatic hydroxyl groups excluding tert-OH is 4. The van der Waals surface area contributed by atoms with Gasteiger partial charge in [0.2, 0.25) is 11.9 Å². The van der Waals surface area contributed by atoms with Crippen LogP contribution in [0.3, 0.4) is 0 Å². The van der Waals surface area contributed by atoms with Crippen LogP contribution in [0, 0.1) is 0 Å². The Morgan fingerprint density at radius 3 is 1.50 bits per heavy atom. The normalized spacial score (nSPS) is 29.5. The molecule has 16 nitrogen and oxygen atoms in total. The summed E-state index contributed by atoms with van der Waals surface area (Å²) in [7, 11) is 0. The molecule has 2 aliphatic rings. The van der Waals surface area contributed by atoms with Crippen LogP contribution in [0.25, 0.3) is 0 Å². The zero-order valence-electron chi connectivity index (χ0n) is 16.7. The number of rotatable bonds is 4. The molecular formula is C16H24N8O8. The number of nitrogens with zero attached hydrogens (tertiary/aromatic N) is 6. The Kier molecular flexibility index (Phi) is 7.44. The first-order valence-electron chi connectivity index (χ1n) is 9.53. The predicted molar refractivity (Wildman–Crippen MR) is 105 cm³/mol. The molecule has 32 heavy (non-hydrogen) atoms. The first-order chi connectivity index (χ1) is 15.2. The second-order valence-electron chi connectivity index (χ2n) is 7.04. The van der Waals surface area contributed by atoms with E-state index in [0.717, 1.165) is 9.13 Å². The summed E-state index contributed by atoms with van der Waals surface area (Å²) < 4.78 is 12.8. The number of nitrogens with two attached hydrogens (primary N) is 2. The molecule has 0 radical (unpaired) electrons. The van der Waals surface area contributed by atoms with Crippen molar-refractivity contribution in [2.75, 3.05) is 24.7 Å². The summed E-state index contributed by atoms with van der Waals surface area (Å²) in [5.41, 5.74) is 9.29. The number of hydrogen-bond donors (Lipinski definition) is 6. The fraction of sp³-hybridized carbons (Fsp3) is 0.625. The van der Waals surface area contributed by atoms with E-state index in [1.54, 1.807) is 0 Å². The molecule has 2 saturated heterocycles. The summed E-state index contributed by atoms with van der Waals surface area (Å²) in [5, 5.41) is 36.8. The smallest absolute Gasteiger partial charge is 0.354 e. The second kappa shape index (κ2) is 10.1. The van der Waals surface area contributed by atoms with Gasteiger partial charge in [-0.25, -0.2) is 19.6 Å². The van der Waals surface area contributed by atoms with E-state index in [-0.39, 0.29) is 38.0 Å². The first kappa shape index (κ1) is 23.6. The van der Waals surface area contributed by atoms with Gasteiger partial charge in [-0.15, -0.1) is 0 Å². The third kappa shape index (κ3) is 5.23. The molecule has 16 heteroatoms. The van der Waals surface area contributed by atoms with Crippen molar-refractivity contribution in [1.82, 2.24) is 29.1 Å². The van der Waals surface area contributed by atoms with Gasteiger partial charge in [0.25, 0.3) is 0 Å². The highest BCUT2D eigenvalue weighted by molar-refractivity contribution is 5.10. The molecule has 0 unspecified atom stereocenters. The third-order valence-electron chi connectivity index (χ3n) is 4.88. The summed E-state index contributed by atoms with van der Waals surface area (Å²) in [6.45, 7) is -0.607. The lowest BCUT2D eigenvalue weighted by molar-refractivity contribution is -0.0462. The molecule has 2 aromatic heterocycles. The number of nitrogen functional groups attached to an aromatic ring is 2. The van der Waals surface area contributed by atoms with Crippen molar-refractivity contribution in [2.24, 2.45) is 0 Å². The van der Waals surface area contributed by atoms with Crippen LogP contribution in [0.5, 0.6) is 0 Å². The van der Waals surface area contributed by atoms with E-state index < -0.39 is 48.3 Å². The van der Waals surface area contributed by atoms with Crippen LogP contribution in [0.4, 0.5) is 11.9 Å². The third-order valence-corrected chi connectivity index (χ3v) is 4.88. The van der Waals surface area contributed by atoms with E-state index in [1.807, 2.05) is 0 Å². The highest BCUT2D eigenvalue weighted by Crippen LogP contribution is 2.27. The maximum Gasteiger partial charge on any atom is 0.354 e. The van der Waals surface area contributed by atoms with E-state index in [1.165, 1.54) is 12.7 Å². The molecule has 0 amide bonds. The summed E-state index contributed by atoms with van der Waals surface area (Å²) in [5.74, 6) is -0.225. The quantitative estimate of drug-likeness (QED) is 0.255. The van der Waals surface area contributed by atoms with Crippen LogP contribution >= 0.6 is 0 Å². The molecule has 0 spiro atoms. The number of anilines is 2. The van der Waals surface area contributed by atoms with E-state index in [2.05, 4.69) is 19.9 Å². The monoisotopic (exact) mass is 456 g/mol. The van der Waals surface area contributed by atoms with Gasteiger partial charge in [0.05, 0.1) is 25.4 Å². The topological polar surface area (TPSA) is 247 Å². The molecule has 0 bridgehead atoms. The van der Waals surface area contributed by atoms with Crippen LogP contribution < -0.4 is 22.8 Å². The van der Waals surface area contributed by atoms with E-state index in [9.17, 15) is 19.8 Å². The van der Waals surface area contributed by atoms with Crippen LogP contribution in [-0.4, -0.2) is 87.1 Å². The molecule has 176 valence electrons. The van der Waals surface area contributed by atoms with Crippen LogP contribution in [0.1, 0.15) is 25.3 Å². The zero-order chi connectivity index (χ0) is 23.4. The van der Waals surface area contributed by atoms with Gasteiger partial charge in [-0.2, -0.15) is 9.97 Å². The Morgan fingerprint density at radius 1 is 0.844 bits per heavy atom. The van der Waals surface area contributed by atoms with Crippen LogP contribution in [0.15, 0.2) is 22.2 Å². The van der Waals surface area contributed by atoms with Gasteiger partial charge in [-0.1, -0.05) is 0 Å². The molecule has 0 aromatic carbocycles. The van der Waals surface area contributed by atoms with Gasteiger partial charge in [0.15, 0.2) is 0 Å². The maximum absolute atomic E-state index is 11.4. The molecule has 6 atom stereocenters. The molecule has 0 saturated carbocycles. The highest BCUT2D eigenvalue weighted by Gasteiger charge is 2.36. The molecule has 8 N–H and O–H groups in total. The summed E-state index contributed by atoms with van der Waals surface area (Å²) in [4.78, 5) is 37.1. The lowest BCUT2D eigenvalue weighted by atomic mass is 10.2. The Morgan fingerprint density at radius 2 is 1.22 bits per heavy atom. The minimum Gasteiger partial charge on any atom is -0.394 e. The number of hydrogen-bond acceptors (Lipinski definition) is 14. The summed E-state index contributed by atoms with van der Waals surface area (Å²) in [6.07, 6.45) is -1.48. The van der Waals surface area contributed by atoms with Crippen molar-refractivity contribution in [3.8, 4) is 0 Å². The van der Waals surface area contributed by atoms with Gasteiger partial charge in [0, 0.05) is 12.8 Å². The van der Waals surface area contributed by atoms with Crippen molar-refractivity contribution in [3.63, 3.8) is 0 Å².